The lowest BCUT2D eigenvalue weighted by molar-refractivity contribution is 0.660. The lowest BCUT2D eigenvalue weighted by atomic mass is 9.82. The van der Waals surface area contributed by atoms with Gasteiger partial charge in [0.05, 0.1) is 22.0 Å². The smallest absolute Gasteiger partial charge is 0.164 e. The molecule has 4 heteroatoms. The fourth-order valence-electron chi connectivity index (χ4n) is 7.56. The Morgan fingerprint density at radius 3 is 1.69 bits per heavy atom. The third-order valence-electron chi connectivity index (χ3n) is 10.1. The van der Waals surface area contributed by atoms with E-state index >= 15 is 0 Å². The van der Waals surface area contributed by atoms with Crippen LogP contribution in [0, 0.1) is 0 Å². The summed E-state index contributed by atoms with van der Waals surface area (Å²) >= 11 is 0. The SMILES string of the molecule is [2H]c1c([2H])c([2H])c2c(c1[2H])c1c([2H])c([2H])c([2H])c([2H])c1n2-c1cc(-c2ccccc2)cc(-c2nc(-c3ccccc3)nc(-c3ccc4c(c3)-c3ccccc3C4(C)C)n2)c1. The number of nitrogens with zero attached hydrogens (tertiary/aromatic N) is 4. The highest BCUT2D eigenvalue weighted by Gasteiger charge is 2.35. The van der Waals surface area contributed by atoms with Gasteiger partial charge >= 0.3 is 0 Å². The lowest BCUT2D eigenvalue weighted by Crippen LogP contribution is -2.14. The third kappa shape index (κ3) is 4.79. The van der Waals surface area contributed by atoms with Crippen molar-refractivity contribution in [3.63, 3.8) is 0 Å². The van der Waals surface area contributed by atoms with Crippen molar-refractivity contribution in [2.45, 2.75) is 19.3 Å². The minimum Gasteiger partial charge on any atom is -0.309 e. The van der Waals surface area contributed by atoms with Crippen LogP contribution >= 0.6 is 0 Å². The highest BCUT2D eigenvalue weighted by atomic mass is 15.0. The van der Waals surface area contributed by atoms with Crippen molar-refractivity contribution in [3.8, 4) is 62.1 Å². The van der Waals surface area contributed by atoms with E-state index in [0.29, 0.717) is 28.7 Å². The first-order chi connectivity index (χ1) is 28.8. The number of para-hydroxylation sites is 2. The fourth-order valence-corrected chi connectivity index (χ4v) is 7.56. The molecule has 4 nitrogen and oxygen atoms in total. The highest BCUT2D eigenvalue weighted by molar-refractivity contribution is 6.09. The minimum atomic E-state index is -0.498. The number of aromatic nitrogens is 4. The van der Waals surface area contributed by atoms with Gasteiger partial charge in [-0.2, -0.15) is 0 Å². The van der Waals surface area contributed by atoms with Gasteiger partial charge in [0.1, 0.15) is 0 Å². The van der Waals surface area contributed by atoms with E-state index in [1.165, 1.54) is 21.3 Å². The Kier molecular flexibility index (Phi) is 5.17. The van der Waals surface area contributed by atoms with Gasteiger partial charge in [-0.3, -0.25) is 0 Å². The van der Waals surface area contributed by atoms with Crippen molar-refractivity contribution in [2.75, 3.05) is 0 Å². The van der Waals surface area contributed by atoms with Crippen molar-refractivity contribution in [2.24, 2.45) is 0 Å². The molecular formula is C48H34N4. The molecule has 0 aliphatic heterocycles. The average molecular weight is 675 g/mol. The summed E-state index contributed by atoms with van der Waals surface area (Å²) in [6.07, 6.45) is 0. The van der Waals surface area contributed by atoms with E-state index in [-0.39, 0.29) is 39.3 Å². The Morgan fingerprint density at radius 2 is 1.00 bits per heavy atom. The van der Waals surface area contributed by atoms with Gasteiger partial charge in [0.2, 0.25) is 0 Å². The topological polar surface area (TPSA) is 43.6 Å². The molecule has 2 aromatic heterocycles. The van der Waals surface area contributed by atoms with E-state index in [1.54, 1.807) is 6.07 Å². The van der Waals surface area contributed by atoms with Gasteiger partial charge in [-0.05, 0) is 69.7 Å². The van der Waals surface area contributed by atoms with Gasteiger partial charge in [0.15, 0.2) is 17.5 Å². The molecule has 0 bridgehead atoms. The molecule has 246 valence electrons. The molecule has 0 radical (unpaired) electrons. The molecule has 0 unspecified atom stereocenters. The van der Waals surface area contributed by atoms with Gasteiger partial charge in [-0.1, -0.05) is 147 Å². The third-order valence-corrected chi connectivity index (χ3v) is 10.1. The zero-order chi connectivity index (χ0) is 41.8. The van der Waals surface area contributed by atoms with Crippen LogP contribution in [0.5, 0.6) is 0 Å². The normalized spacial score (nSPS) is 15.1. The van der Waals surface area contributed by atoms with E-state index in [9.17, 15) is 0 Å². The van der Waals surface area contributed by atoms with Crippen molar-refractivity contribution in [3.05, 3.63) is 181 Å². The molecule has 0 amide bonds. The first-order valence-corrected chi connectivity index (χ1v) is 17.1. The van der Waals surface area contributed by atoms with Crippen LogP contribution in [0.1, 0.15) is 35.9 Å². The number of fused-ring (bicyclic) bond motifs is 6. The molecule has 0 N–H and O–H groups in total. The second-order valence-corrected chi connectivity index (χ2v) is 13.5. The van der Waals surface area contributed by atoms with Gasteiger partial charge in [-0.25, -0.2) is 15.0 Å². The Labute approximate surface area is 314 Å². The van der Waals surface area contributed by atoms with Crippen LogP contribution in [-0.4, -0.2) is 19.5 Å². The van der Waals surface area contributed by atoms with E-state index in [1.807, 2.05) is 78.9 Å². The number of hydrogen-bond donors (Lipinski definition) is 0. The molecule has 0 fully saturated rings. The second-order valence-electron chi connectivity index (χ2n) is 13.5. The Hall–Kier alpha value is -6.65. The Morgan fingerprint density at radius 1 is 0.462 bits per heavy atom. The molecule has 0 atom stereocenters. The van der Waals surface area contributed by atoms with Crippen LogP contribution in [0.4, 0.5) is 0 Å². The summed E-state index contributed by atoms with van der Waals surface area (Å²) in [6.45, 7) is 4.47. The number of benzene rings is 7. The Bertz CT molecular complexity index is 3200. The van der Waals surface area contributed by atoms with Crippen LogP contribution in [0.2, 0.25) is 0 Å². The average Bonchev–Trinajstić information content (AvgIpc) is 3.76. The monoisotopic (exact) mass is 674 g/mol. The molecule has 7 aromatic carbocycles. The maximum Gasteiger partial charge on any atom is 0.164 e. The summed E-state index contributed by atoms with van der Waals surface area (Å²) < 4.78 is 72.1. The summed E-state index contributed by atoms with van der Waals surface area (Å²) in [6, 6.07) is 36.2. The fraction of sp³-hybridized carbons (Fsp3) is 0.0625. The highest BCUT2D eigenvalue weighted by Crippen LogP contribution is 2.49. The maximum absolute atomic E-state index is 9.14. The summed E-state index contributed by atoms with van der Waals surface area (Å²) in [5, 5.41) is 0.00896. The van der Waals surface area contributed by atoms with Gasteiger partial charge in [0.25, 0.3) is 0 Å². The standard InChI is InChI=1S/C48H34N4/c1-48(2)41-22-12-9-19-37(41)40-30-33(25-26-42(40)48)46-49-45(32-17-7-4-8-18-32)50-47(51-46)35-27-34(31-15-5-3-6-16-31)28-36(29-35)52-43-23-13-10-20-38(43)39-21-11-14-24-44(39)52/h3-30H,1-2H3/i10D,11D,13D,14D,20D,21D,23D,24D. The summed E-state index contributed by atoms with van der Waals surface area (Å²) in [7, 11) is 0. The van der Waals surface area contributed by atoms with Crippen molar-refractivity contribution >= 4 is 21.8 Å². The van der Waals surface area contributed by atoms with Crippen LogP contribution < -0.4 is 0 Å². The molecule has 1 aliphatic rings. The van der Waals surface area contributed by atoms with Crippen LogP contribution in [0.3, 0.4) is 0 Å². The molecule has 52 heavy (non-hydrogen) atoms. The summed E-state index contributed by atoms with van der Waals surface area (Å²) in [4.78, 5) is 15.2. The first-order valence-electron chi connectivity index (χ1n) is 21.1. The van der Waals surface area contributed by atoms with Crippen molar-refractivity contribution < 1.29 is 11.0 Å². The van der Waals surface area contributed by atoms with Gasteiger partial charge in [0, 0.05) is 38.6 Å². The van der Waals surface area contributed by atoms with E-state index in [2.05, 4.69) is 50.2 Å². The predicted molar refractivity (Wildman–Crippen MR) is 213 cm³/mol. The van der Waals surface area contributed by atoms with E-state index < -0.39 is 36.3 Å². The minimum absolute atomic E-state index is 0.00448. The first kappa shape index (κ1) is 22.9. The summed E-state index contributed by atoms with van der Waals surface area (Å²) in [5.41, 5.74) is 8.71. The molecule has 1 aliphatic carbocycles. The van der Waals surface area contributed by atoms with Crippen LogP contribution in [0.15, 0.2) is 170 Å². The maximum atomic E-state index is 9.14. The molecular weight excluding hydrogens is 633 g/mol. The van der Waals surface area contributed by atoms with Crippen molar-refractivity contribution in [1.29, 1.82) is 0 Å². The van der Waals surface area contributed by atoms with Crippen LogP contribution in [-0.2, 0) is 5.41 Å². The molecule has 10 rings (SSSR count). The van der Waals surface area contributed by atoms with Crippen molar-refractivity contribution in [1.82, 2.24) is 19.5 Å². The lowest BCUT2D eigenvalue weighted by Gasteiger charge is -2.21. The van der Waals surface area contributed by atoms with E-state index in [0.717, 1.165) is 27.8 Å². The zero-order valence-electron chi connectivity index (χ0n) is 36.3. The zero-order valence-corrected chi connectivity index (χ0v) is 28.3. The van der Waals surface area contributed by atoms with E-state index in [4.69, 9.17) is 25.9 Å². The van der Waals surface area contributed by atoms with Gasteiger partial charge in [-0.15, -0.1) is 0 Å². The van der Waals surface area contributed by atoms with Gasteiger partial charge < -0.3 is 4.57 Å². The molecule has 0 spiro atoms. The number of rotatable bonds is 5. The second kappa shape index (κ2) is 11.7. The largest absolute Gasteiger partial charge is 0.309 e. The predicted octanol–water partition coefficient (Wildman–Crippen LogP) is 11.9. The Balaban J connectivity index is 1.28. The molecule has 9 aromatic rings. The molecule has 2 heterocycles. The number of hydrogen-bond acceptors (Lipinski definition) is 3. The van der Waals surface area contributed by atoms with Crippen LogP contribution in [0.25, 0.3) is 83.9 Å². The quantitative estimate of drug-likeness (QED) is 0.182. The summed E-state index contributed by atoms with van der Waals surface area (Å²) in [5.74, 6) is 1.24. The molecule has 0 saturated carbocycles. The molecule has 0 saturated heterocycles.